The van der Waals surface area contributed by atoms with Gasteiger partial charge in [0.25, 0.3) is 11.9 Å². The van der Waals surface area contributed by atoms with Crippen LogP contribution in [0.1, 0.15) is 12.5 Å². The number of benzene rings is 2. The third-order valence-electron chi connectivity index (χ3n) is 4.16. The molecule has 1 unspecified atom stereocenters. The van der Waals surface area contributed by atoms with E-state index in [1.807, 2.05) is 36.6 Å². The first-order valence-electron chi connectivity index (χ1n) is 8.64. The Morgan fingerprint density at radius 3 is 2.61 bits per heavy atom. The van der Waals surface area contributed by atoms with Crippen LogP contribution in [-0.2, 0) is 4.79 Å². The zero-order valence-corrected chi connectivity index (χ0v) is 17.6. The van der Waals surface area contributed by atoms with Gasteiger partial charge in [0.1, 0.15) is 5.75 Å². The van der Waals surface area contributed by atoms with E-state index in [0.717, 1.165) is 15.7 Å². The van der Waals surface area contributed by atoms with Gasteiger partial charge >= 0.3 is 0 Å². The van der Waals surface area contributed by atoms with Gasteiger partial charge in [0.05, 0.1) is 5.69 Å². The number of fused-ring (bicyclic) bond motifs is 1. The fraction of sp³-hybridized carbons (Fsp3) is 0.150. The smallest absolute Gasteiger partial charge is 0.267 e. The molecule has 2 heterocycles. The first-order valence-corrected chi connectivity index (χ1v) is 10.3. The Morgan fingerprint density at radius 2 is 1.89 bits per heavy atom. The number of anilines is 1. The summed E-state index contributed by atoms with van der Waals surface area (Å²) in [5.41, 5.74) is 3.18. The van der Waals surface area contributed by atoms with Crippen LogP contribution in [-0.4, -0.2) is 26.6 Å². The average Bonchev–Trinajstić information content (AvgIpc) is 3.24. The zero-order chi connectivity index (χ0) is 19.7. The molecule has 8 heteroatoms. The summed E-state index contributed by atoms with van der Waals surface area (Å²) >= 11 is 4.85. The van der Waals surface area contributed by atoms with Gasteiger partial charge in [0, 0.05) is 15.4 Å². The molecule has 0 radical (unpaired) electrons. The van der Waals surface area contributed by atoms with Crippen LogP contribution < -0.4 is 10.1 Å². The zero-order valence-electron chi connectivity index (χ0n) is 15.2. The SMILES string of the molecule is Cc1ccc(-c2csc3nc(NC(=O)C(C)Oc4ccc(Br)cc4)nn23)cc1. The number of hydrogen-bond acceptors (Lipinski definition) is 5. The molecule has 0 aliphatic heterocycles. The van der Waals surface area contributed by atoms with E-state index in [0.29, 0.717) is 10.7 Å². The number of carbonyl (C=O) groups excluding carboxylic acids is 1. The van der Waals surface area contributed by atoms with Crippen molar-refractivity contribution in [3.05, 3.63) is 63.9 Å². The number of thiazole rings is 1. The predicted octanol–water partition coefficient (Wildman–Crippen LogP) is 4.93. The lowest BCUT2D eigenvalue weighted by Gasteiger charge is -2.13. The molecule has 1 N–H and O–H groups in total. The van der Waals surface area contributed by atoms with Crippen molar-refractivity contribution in [1.29, 1.82) is 0 Å². The largest absolute Gasteiger partial charge is 0.481 e. The van der Waals surface area contributed by atoms with Gasteiger partial charge in [-0.2, -0.15) is 4.98 Å². The molecule has 142 valence electrons. The highest BCUT2D eigenvalue weighted by Gasteiger charge is 2.18. The van der Waals surface area contributed by atoms with Gasteiger partial charge in [0.15, 0.2) is 6.10 Å². The minimum atomic E-state index is -0.681. The molecule has 0 saturated heterocycles. The summed E-state index contributed by atoms with van der Waals surface area (Å²) in [5, 5.41) is 9.17. The van der Waals surface area contributed by atoms with Gasteiger partial charge < -0.3 is 4.74 Å². The molecule has 0 aliphatic carbocycles. The maximum atomic E-state index is 12.4. The fourth-order valence-corrected chi connectivity index (χ4v) is 3.74. The summed E-state index contributed by atoms with van der Waals surface area (Å²) in [7, 11) is 0. The van der Waals surface area contributed by atoms with Crippen molar-refractivity contribution >= 4 is 44.1 Å². The topological polar surface area (TPSA) is 68.5 Å². The Labute approximate surface area is 174 Å². The number of halogens is 1. The third kappa shape index (κ3) is 3.93. The Balaban J connectivity index is 1.49. The van der Waals surface area contributed by atoms with E-state index in [-0.39, 0.29) is 11.9 Å². The standard InChI is InChI=1S/C20H17BrN4O2S/c1-12-3-5-14(6-4-12)17-11-28-20-23-19(24-25(17)20)22-18(26)13(2)27-16-9-7-15(21)8-10-16/h3-11,13H,1-2H3,(H,22,24,26). The molecule has 2 aromatic heterocycles. The Hall–Kier alpha value is -2.71. The average molecular weight is 457 g/mol. The highest BCUT2D eigenvalue weighted by molar-refractivity contribution is 9.10. The summed E-state index contributed by atoms with van der Waals surface area (Å²) in [6.45, 7) is 3.74. The van der Waals surface area contributed by atoms with Crippen molar-refractivity contribution in [3.8, 4) is 17.0 Å². The molecule has 0 bridgehead atoms. The van der Waals surface area contributed by atoms with Crippen LogP contribution in [0.15, 0.2) is 58.4 Å². The van der Waals surface area contributed by atoms with Crippen molar-refractivity contribution in [3.63, 3.8) is 0 Å². The van der Waals surface area contributed by atoms with Crippen LogP contribution in [0.4, 0.5) is 5.95 Å². The highest BCUT2D eigenvalue weighted by atomic mass is 79.9. The number of amides is 1. The normalized spacial score (nSPS) is 12.1. The maximum Gasteiger partial charge on any atom is 0.267 e. The van der Waals surface area contributed by atoms with Gasteiger partial charge in [-0.05, 0) is 38.1 Å². The van der Waals surface area contributed by atoms with Crippen molar-refractivity contribution in [2.75, 3.05) is 5.32 Å². The Bertz CT molecular complexity index is 1120. The van der Waals surface area contributed by atoms with Crippen molar-refractivity contribution in [2.24, 2.45) is 0 Å². The van der Waals surface area contributed by atoms with Gasteiger partial charge in [-0.15, -0.1) is 16.4 Å². The molecule has 4 aromatic rings. The Kier molecular flexibility index (Phi) is 5.15. The van der Waals surface area contributed by atoms with Gasteiger partial charge in [-0.1, -0.05) is 45.8 Å². The van der Waals surface area contributed by atoms with Crippen LogP contribution in [0.25, 0.3) is 16.2 Å². The van der Waals surface area contributed by atoms with E-state index in [1.165, 1.54) is 16.9 Å². The number of hydrogen-bond donors (Lipinski definition) is 1. The third-order valence-corrected chi connectivity index (χ3v) is 5.50. The van der Waals surface area contributed by atoms with Gasteiger partial charge in [-0.25, -0.2) is 4.52 Å². The second-order valence-corrected chi connectivity index (χ2v) is 8.07. The number of aromatic nitrogens is 3. The minimum Gasteiger partial charge on any atom is -0.481 e. The number of ether oxygens (including phenoxy) is 1. The monoisotopic (exact) mass is 456 g/mol. The molecular formula is C20H17BrN4O2S. The predicted molar refractivity (Wildman–Crippen MR) is 114 cm³/mol. The van der Waals surface area contributed by atoms with E-state index in [4.69, 9.17) is 4.74 Å². The first kappa shape index (κ1) is 18.6. The second-order valence-electron chi connectivity index (χ2n) is 6.32. The number of nitrogens with one attached hydrogen (secondary N) is 1. The summed E-state index contributed by atoms with van der Waals surface area (Å²) in [6.07, 6.45) is -0.681. The molecule has 1 amide bonds. The number of rotatable bonds is 5. The lowest BCUT2D eigenvalue weighted by Crippen LogP contribution is -2.30. The molecule has 4 rings (SSSR count). The molecule has 28 heavy (non-hydrogen) atoms. The minimum absolute atomic E-state index is 0.261. The summed E-state index contributed by atoms with van der Waals surface area (Å²) in [4.78, 5) is 17.6. The molecular weight excluding hydrogens is 440 g/mol. The number of aryl methyl sites for hydroxylation is 1. The maximum absolute atomic E-state index is 12.4. The number of nitrogens with zero attached hydrogens (tertiary/aromatic N) is 3. The van der Waals surface area contributed by atoms with Crippen molar-refractivity contribution in [1.82, 2.24) is 14.6 Å². The van der Waals surface area contributed by atoms with Crippen molar-refractivity contribution in [2.45, 2.75) is 20.0 Å². The van der Waals surface area contributed by atoms with Crippen LogP contribution in [0.2, 0.25) is 0 Å². The quantitative estimate of drug-likeness (QED) is 0.461. The van der Waals surface area contributed by atoms with Gasteiger partial charge in [0.2, 0.25) is 4.96 Å². The molecule has 0 saturated carbocycles. The Morgan fingerprint density at radius 1 is 1.18 bits per heavy atom. The molecule has 1 atom stereocenters. The first-order chi connectivity index (χ1) is 13.5. The van der Waals surface area contributed by atoms with Crippen LogP contribution >= 0.6 is 27.3 Å². The van der Waals surface area contributed by atoms with Crippen molar-refractivity contribution < 1.29 is 9.53 Å². The fourth-order valence-electron chi connectivity index (χ4n) is 2.64. The van der Waals surface area contributed by atoms with Gasteiger partial charge in [-0.3, -0.25) is 10.1 Å². The van der Waals surface area contributed by atoms with Crippen LogP contribution in [0, 0.1) is 6.92 Å². The molecule has 2 aromatic carbocycles. The summed E-state index contributed by atoms with van der Waals surface area (Å²) < 4.78 is 8.36. The molecule has 0 fully saturated rings. The molecule has 0 spiro atoms. The lowest BCUT2D eigenvalue weighted by molar-refractivity contribution is -0.122. The van der Waals surface area contributed by atoms with E-state index >= 15 is 0 Å². The van der Waals surface area contributed by atoms with E-state index in [9.17, 15) is 4.79 Å². The molecule has 0 aliphatic rings. The summed E-state index contributed by atoms with van der Waals surface area (Å²) in [5.74, 6) is 0.570. The highest BCUT2D eigenvalue weighted by Crippen LogP contribution is 2.26. The number of carbonyl (C=O) groups is 1. The van der Waals surface area contributed by atoms with Crippen LogP contribution in [0.3, 0.4) is 0 Å². The van der Waals surface area contributed by atoms with E-state index in [1.54, 1.807) is 23.6 Å². The summed E-state index contributed by atoms with van der Waals surface area (Å²) in [6, 6.07) is 15.5. The van der Waals surface area contributed by atoms with Crippen LogP contribution in [0.5, 0.6) is 5.75 Å². The van der Waals surface area contributed by atoms with E-state index < -0.39 is 6.10 Å². The van der Waals surface area contributed by atoms with E-state index in [2.05, 4.69) is 43.5 Å². The lowest BCUT2D eigenvalue weighted by atomic mass is 10.1. The second kappa shape index (κ2) is 7.73. The molecule has 6 nitrogen and oxygen atoms in total.